The van der Waals surface area contributed by atoms with Gasteiger partial charge >= 0.3 is 0 Å². The number of nitrogens with zero attached hydrogens (tertiary/aromatic N) is 3. The summed E-state index contributed by atoms with van der Waals surface area (Å²) < 4.78 is 5.73. The lowest BCUT2D eigenvalue weighted by molar-refractivity contribution is 0.494. The first-order chi connectivity index (χ1) is 9.72. The Balaban J connectivity index is 1.71. The maximum absolute atomic E-state index is 5.79. The van der Waals surface area contributed by atoms with Gasteiger partial charge in [0.15, 0.2) is 11.5 Å². The molecule has 0 aliphatic rings. The summed E-state index contributed by atoms with van der Waals surface area (Å²) >= 11 is 5.79. The maximum Gasteiger partial charge on any atom is 0.200 e. The van der Waals surface area contributed by atoms with Crippen molar-refractivity contribution in [2.24, 2.45) is 0 Å². The minimum Gasteiger partial charge on any atom is -0.440 e. The van der Waals surface area contributed by atoms with Crippen LogP contribution in [0.4, 0.5) is 5.82 Å². The highest BCUT2D eigenvalue weighted by molar-refractivity contribution is 6.29. The molecule has 2 heterocycles. The number of rotatable bonds is 4. The summed E-state index contributed by atoms with van der Waals surface area (Å²) in [6.07, 6.45) is 3.13. The summed E-state index contributed by atoms with van der Waals surface area (Å²) in [5, 5.41) is 3.54. The van der Waals surface area contributed by atoms with Crippen LogP contribution in [0.1, 0.15) is 18.7 Å². The molecule has 0 bridgehead atoms. The quantitative estimate of drug-likeness (QED) is 0.796. The Morgan fingerprint density at radius 1 is 1.25 bits per heavy atom. The van der Waals surface area contributed by atoms with Crippen molar-refractivity contribution >= 4 is 28.5 Å². The molecule has 20 heavy (non-hydrogen) atoms. The number of anilines is 1. The van der Waals surface area contributed by atoms with Gasteiger partial charge in [0, 0.05) is 6.54 Å². The third kappa shape index (κ3) is 2.72. The van der Waals surface area contributed by atoms with E-state index in [2.05, 4.69) is 20.3 Å². The number of hydrogen-bond acceptors (Lipinski definition) is 5. The third-order valence-corrected chi connectivity index (χ3v) is 3.11. The van der Waals surface area contributed by atoms with E-state index >= 15 is 0 Å². The number of oxazole rings is 1. The molecule has 0 aliphatic heterocycles. The molecule has 2 aromatic heterocycles. The van der Waals surface area contributed by atoms with Crippen LogP contribution in [0, 0.1) is 0 Å². The molecule has 0 saturated heterocycles. The van der Waals surface area contributed by atoms with Crippen molar-refractivity contribution < 1.29 is 4.42 Å². The smallest absolute Gasteiger partial charge is 0.200 e. The fraction of sp³-hybridized carbons (Fsp3) is 0.214. The molecule has 0 radical (unpaired) electrons. The Bertz CT molecular complexity index is 695. The molecule has 0 aliphatic carbocycles. The molecule has 102 valence electrons. The molecule has 0 saturated carbocycles. The van der Waals surface area contributed by atoms with E-state index in [0.717, 1.165) is 11.1 Å². The lowest BCUT2D eigenvalue weighted by Crippen LogP contribution is -2.11. The Labute approximate surface area is 121 Å². The number of halogens is 1. The molecule has 3 rings (SSSR count). The number of fused-ring (bicyclic) bond motifs is 1. The first kappa shape index (κ1) is 12.9. The molecule has 1 N–H and O–H groups in total. The van der Waals surface area contributed by atoms with Gasteiger partial charge in [-0.1, -0.05) is 30.7 Å². The van der Waals surface area contributed by atoms with Gasteiger partial charge in [0.25, 0.3) is 0 Å². The second-order valence-corrected chi connectivity index (χ2v) is 4.92. The van der Waals surface area contributed by atoms with E-state index in [0.29, 0.717) is 23.4 Å². The van der Waals surface area contributed by atoms with Crippen LogP contribution >= 0.6 is 11.6 Å². The predicted molar refractivity (Wildman–Crippen MR) is 78.0 cm³/mol. The second-order valence-electron chi connectivity index (χ2n) is 4.53. The normalized spacial score (nSPS) is 12.5. The van der Waals surface area contributed by atoms with Gasteiger partial charge < -0.3 is 9.73 Å². The summed E-state index contributed by atoms with van der Waals surface area (Å²) in [6.45, 7) is 2.68. The Kier molecular flexibility index (Phi) is 3.52. The molecule has 0 spiro atoms. The van der Waals surface area contributed by atoms with Crippen LogP contribution in [-0.2, 0) is 0 Å². The van der Waals surface area contributed by atoms with E-state index in [1.165, 1.54) is 6.20 Å². The number of para-hydroxylation sites is 2. The minimum atomic E-state index is 0.114. The first-order valence-electron chi connectivity index (χ1n) is 6.29. The van der Waals surface area contributed by atoms with Gasteiger partial charge in [0.05, 0.1) is 18.3 Å². The van der Waals surface area contributed by atoms with Crippen LogP contribution in [0.3, 0.4) is 0 Å². The van der Waals surface area contributed by atoms with Crippen molar-refractivity contribution in [1.82, 2.24) is 15.0 Å². The van der Waals surface area contributed by atoms with Gasteiger partial charge in [-0.15, -0.1) is 0 Å². The molecule has 1 atom stereocenters. The van der Waals surface area contributed by atoms with Crippen LogP contribution in [-0.4, -0.2) is 21.5 Å². The van der Waals surface area contributed by atoms with Crippen molar-refractivity contribution in [3.05, 3.63) is 47.7 Å². The van der Waals surface area contributed by atoms with Crippen LogP contribution in [0.2, 0.25) is 5.15 Å². The molecule has 1 unspecified atom stereocenters. The summed E-state index contributed by atoms with van der Waals surface area (Å²) in [6, 6.07) is 7.72. The fourth-order valence-electron chi connectivity index (χ4n) is 1.87. The van der Waals surface area contributed by atoms with Crippen molar-refractivity contribution in [2.45, 2.75) is 12.8 Å². The number of nitrogens with one attached hydrogen (secondary N) is 1. The molecule has 0 amide bonds. The predicted octanol–water partition coefficient (Wildman–Crippen LogP) is 3.49. The fourth-order valence-corrected chi connectivity index (χ4v) is 2.02. The molecular formula is C14H13ClN4O. The van der Waals surface area contributed by atoms with Gasteiger partial charge in [-0.25, -0.2) is 9.97 Å². The van der Waals surface area contributed by atoms with Crippen LogP contribution < -0.4 is 5.32 Å². The van der Waals surface area contributed by atoms with Gasteiger partial charge in [0.1, 0.15) is 16.5 Å². The van der Waals surface area contributed by atoms with E-state index < -0.39 is 0 Å². The van der Waals surface area contributed by atoms with E-state index in [-0.39, 0.29) is 5.92 Å². The van der Waals surface area contributed by atoms with E-state index in [1.54, 1.807) is 6.20 Å². The van der Waals surface area contributed by atoms with Crippen LogP contribution in [0.5, 0.6) is 0 Å². The largest absolute Gasteiger partial charge is 0.440 e. The van der Waals surface area contributed by atoms with Crippen molar-refractivity contribution in [1.29, 1.82) is 0 Å². The zero-order valence-electron chi connectivity index (χ0n) is 10.9. The lowest BCUT2D eigenvalue weighted by atomic mass is 10.2. The Morgan fingerprint density at radius 3 is 2.90 bits per heavy atom. The summed E-state index contributed by atoms with van der Waals surface area (Å²) in [4.78, 5) is 12.6. The topological polar surface area (TPSA) is 63.8 Å². The third-order valence-electron chi connectivity index (χ3n) is 2.93. The molecule has 6 heteroatoms. The standard InChI is InChI=1S/C14H13ClN4O/c1-9(6-17-13-8-16-7-12(15)19-13)14-18-10-4-2-3-5-11(10)20-14/h2-5,7-9H,6H2,1H3,(H,17,19). The first-order valence-corrected chi connectivity index (χ1v) is 6.67. The van der Waals surface area contributed by atoms with Gasteiger partial charge in [-0.05, 0) is 12.1 Å². The van der Waals surface area contributed by atoms with Crippen molar-refractivity contribution in [3.8, 4) is 0 Å². The average molecular weight is 289 g/mol. The highest BCUT2D eigenvalue weighted by Crippen LogP contribution is 2.21. The SMILES string of the molecule is CC(CNc1cncc(Cl)n1)c1nc2ccccc2o1. The van der Waals surface area contributed by atoms with Crippen LogP contribution in [0.15, 0.2) is 41.1 Å². The van der Waals surface area contributed by atoms with E-state index in [4.69, 9.17) is 16.0 Å². The number of hydrogen-bond donors (Lipinski definition) is 1. The minimum absolute atomic E-state index is 0.114. The second kappa shape index (κ2) is 5.46. The highest BCUT2D eigenvalue weighted by atomic mass is 35.5. The van der Waals surface area contributed by atoms with Crippen molar-refractivity contribution in [2.75, 3.05) is 11.9 Å². The lowest BCUT2D eigenvalue weighted by Gasteiger charge is -2.09. The molecule has 0 fully saturated rings. The maximum atomic E-state index is 5.79. The van der Waals surface area contributed by atoms with E-state index in [1.807, 2.05) is 31.2 Å². The Morgan fingerprint density at radius 2 is 2.10 bits per heavy atom. The molecule has 1 aromatic carbocycles. The van der Waals surface area contributed by atoms with Gasteiger partial charge in [-0.2, -0.15) is 0 Å². The zero-order chi connectivity index (χ0) is 13.9. The van der Waals surface area contributed by atoms with Gasteiger partial charge in [-0.3, -0.25) is 4.98 Å². The summed E-state index contributed by atoms with van der Waals surface area (Å²) in [7, 11) is 0. The highest BCUT2D eigenvalue weighted by Gasteiger charge is 2.13. The Hall–Kier alpha value is -2.14. The van der Waals surface area contributed by atoms with Crippen molar-refractivity contribution in [3.63, 3.8) is 0 Å². The molecule has 3 aromatic rings. The average Bonchev–Trinajstić information content (AvgIpc) is 2.89. The molecule has 5 nitrogen and oxygen atoms in total. The van der Waals surface area contributed by atoms with Gasteiger partial charge in [0.2, 0.25) is 0 Å². The summed E-state index contributed by atoms with van der Waals surface area (Å²) in [5.74, 6) is 1.46. The molecular weight excluding hydrogens is 276 g/mol. The van der Waals surface area contributed by atoms with Crippen LogP contribution in [0.25, 0.3) is 11.1 Å². The summed E-state index contributed by atoms with van der Waals surface area (Å²) in [5.41, 5.74) is 1.67. The number of benzene rings is 1. The zero-order valence-corrected chi connectivity index (χ0v) is 11.6. The number of aromatic nitrogens is 3. The monoisotopic (exact) mass is 288 g/mol. The van der Waals surface area contributed by atoms with E-state index in [9.17, 15) is 0 Å².